The predicted molar refractivity (Wildman–Crippen MR) is 65.9 cm³/mol. The van der Waals surface area contributed by atoms with E-state index in [1.807, 2.05) is 0 Å². The molecule has 104 valence electrons. The van der Waals surface area contributed by atoms with Gasteiger partial charge in [0.05, 0.1) is 11.0 Å². The summed E-state index contributed by atoms with van der Waals surface area (Å²) in [7, 11) is -3.04. The van der Waals surface area contributed by atoms with Crippen molar-refractivity contribution in [2.45, 2.75) is 37.9 Å². The average Bonchev–Trinajstić information content (AvgIpc) is 2.53. The molecule has 0 aromatic heterocycles. The number of rotatable bonds is 6. The van der Waals surface area contributed by atoms with Crippen molar-refractivity contribution in [3.8, 4) is 0 Å². The number of amides is 1. The summed E-state index contributed by atoms with van der Waals surface area (Å²) in [6, 6.07) is 0. The molecule has 2 atom stereocenters. The molecule has 1 fully saturated rings. The van der Waals surface area contributed by atoms with E-state index < -0.39 is 21.1 Å². The van der Waals surface area contributed by atoms with E-state index in [1.54, 1.807) is 6.92 Å². The first kappa shape index (κ1) is 14.9. The molecular weight excluding hydrogens is 258 g/mol. The lowest BCUT2D eigenvalue weighted by Crippen LogP contribution is -2.35. The van der Waals surface area contributed by atoms with Crippen LogP contribution in [0.25, 0.3) is 0 Å². The lowest BCUT2D eigenvalue weighted by Gasteiger charge is -2.12. The lowest BCUT2D eigenvalue weighted by atomic mass is 10.0. The zero-order valence-corrected chi connectivity index (χ0v) is 11.2. The van der Waals surface area contributed by atoms with Gasteiger partial charge in [0, 0.05) is 19.4 Å². The monoisotopic (exact) mass is 277 g/mol. The molecule has 7 heteroatoms. The molecule has 1 heterocycles. The lowest BCUT2D eigenvalue weighted by molar-refractivity contribution is -0.138. The average molecular weight is 277 g/mol. The van der Waals surface area contributed by atoms with E-state index in [9.17, 15) is 18.0 Å². The molecule has 0 bridgehead atoms. The number of hydrogen-bond acceptors (Lipinski definition) is 4. The molecule has 1 aliphatic rings. The molecule has 2 unspecified atom stereocenters. The van der Waals surface area contributed by atoms with Crippen molar-refractivity contribution in [1.29, 1.82) is 0 Å². The van der Waals surface area contributed by atoms with Gasteiger partial charge in [-0.2, -0.15) is 0 Å². The fourth-order valence-corrected chi connectivity index (χ4v) is 3.84. The van der Waals surface area contributed by atoms with E-state index >= 15 is 0 Å². The first-order chi connectivity index (χ1) is 8.31. The molecule has 0 radical (unpaired) electrons. The Morgan fingerprint density at radius 3 is 2.56 bits per heavy atom. The normalized spacial score (nSPS) is 23.5. The van der Waals surface area contributed by atoms with Crippen LogP contribution in [0.15, 0.2) is 0 Å². The van der Waals surface area contributed by atoms with Gasteiger partial charge in [0.25, 0.3) is 0 Å². The molecule has 18 heavy (non-hydrogen) atoms. The van der Waals surface area contributed by atoms with Crippen molar-refractivity contribution in [3.05, 3.63) is 0 Å². The largest absolute Gasteiger partial charge is 0.481 e. The highest BCUT2D eigenvalue weighted by atomic mass is 32.2. The van der Waals surface area contributed by atoms with Crippen molar-refractivity contribution in [2.75, 3.05) is 12.3 Å². The SMILES string of the molecule is CC(CC(=O)O)CC(=O)NCC1CCCS1(=O)=O. The minimum Gasteiger partial charge on any atom is -0.481 e. The first-order valence-corrected chi connectivity index (χ1v) is 7.73. The van der Waals surface area contributed by atoms with E-state index in [0.29, 0.717) is 12.8 Å². The molecule has 6 nitrogen and oxygen atoms in total. The van der Waals surface area contributed by atoms with E-state index in [0.717, 1.165) is 0 Å². The maximum Gasteiger partial charge on any atom is 0.303 e. The van der Waals surface area contributed by atoms with Gasteiger partial charge in [0.1, 0.15) is 0 Å². The fourth-order valence-electron chi connectivity index (χ4n) is 2.07. The number of aliphatic carboxylic acids is 1. The van der Waals surface area contributed by atoms with E-state index in [2.05, 4.69) is 5.32 Å². The van der Waals surface area contributed by atoms with Gasteiger partial charge < -0.3 is 10.4 Å². The molecule has 0 aromatic carbocycles. The maximum atomic E-state index is 11.5. The standard InChI is InChI=1S/C11H19NO5S/c1-8(6-11(14)15)5-10(13)12-7-9-3-2-4-18(9,16)17/h8-9H,2-7H2,1H3,(H,12,13)(H,14,15). The minimum absolute atomic E-state index is 0.0604. The Bertz CT molecular complexity index is 417. The molecule has 0 aromatic rings. The zero-order chi connectivity index (χ0) is 13.8. The van der Waals surface area contributed by atoms with Crippen LogP contribution in [0, 0.1) is 5.92 Å². The molecule has 0 spiro atoms. The third kappa shape index (κ3) is 4.64. The third-order valence-corrected chi connectivity index (χ3v) is 5.32. The van der Waals surface area contributed by atoms with E-state index in [4.69, 9.17) is 5.11 Å². The van der Waals surface area contributed by atoms with E-state index in [1.165, 1.54) is 0 Å². The van der Waals surface area contributed by atoms with Gasteiger partial charge in [-0.3, -0.25) is 9.59 Å². The number of carboxylic acids is 1. The van der Waals surface area contributed by atoms with Crippen molar-refractivity contribution >= 4 is 21.7 Å². The third-order valence-electron chi connectivity index (χ3n) is 3.05. The summed E-state index contributed by atoms with van der Waals surface area (Å²) in [5.41, 5.74) is 0. The Hall–Kier alpha value is -1.11. The number of carbonyl (C=O) groups excluding carboxylic acids is 1. The molecule has 0 aliphatic carbocycles. The van der Waals surface area contributed by atoms with Gasteiger partial charge in [0.15, 0.2) is 9.84 Å². The number of hydrogen-bond donors (Lipinski definition) is 2. The maximum absolute atomic E-state index is 11.5. The van der Waals surface area contributed by atoms with Crippen LogP contribution in [0.2, 0.25) is 0 Å². The molecule has 1 amide bonds. The topological polar surface area (TPSA) is 101 Å². The molecule has 1 rings (SSSR count). The van der Waals surface area contributed by atoms with Crippen LogP contribution in [0.1, 0.15) is 32.6 Å². The van der Waals surface area contributed by atoms with Crippen molar-refractivity contribution in [1.82, 2.24) is 5.32 Å². The summed E-state index contributed by atoms with van der Waals surface area (Å²) in [5.74, 6) is -1.27. The van der Waals surface area contributed by atoms with Gasteiger partial charge in [-0.1, -0.05) is 6.92 Å². The van der Waals surface area contributed by atoms with Gasteiger partial charge in [0.2, 0.25) is 5.91 Å². The summed E-state index contributed by atoms with van der Waals surface area (Å²) in [5, 5.41) is 10.7. The Labute approximate surface area is 107 Å². The Morgan fingerprint density at radius 1 is 1.39 bits per heavy atom. The predicted octanol–water partition coefficient (Wildman–Crippen LogP) is 0.181. The number of nitrogens with one attached hydrogen (secondary N) is 1. The summed E-state index contributed by atoms with van der Waals surface area (Å²) in [6.07, 6.45) is 1.29. The number of carbonyl (C=O) groups is 2. The summed E-state index contributed by atoms with van der Waals surface area (Å²) >= 11 is 0. The van der Waals surface area contributed by atoms with Gasteiger partial charge in [-0.15, -0.1) is 0 Å². The van der Waals surface area contributed by atoms with Crippen LogP contribution >= 0.6 is 0 Å². The van der Waals surface area contributed by atoms with Crippen LogP contribution in [0.5, 0.6) is 0 Å². The summed E-state index contributed by atoms with van der Waals surface area (Å²) in [4.78, 5) is 21.9. The van der Waals surface area contributed by atoms with Gasteiger partial charge in [-0.25, -0.2) is 8.42 Å². The molecular formula is C11H19NO5S. The van der Waals surface area contributed by atoms with Crippen molar-refractivity contribution in [2.24, 2.45) is 5.92 Å². The molecule has 1 aliphatic heterocycles. The summed E-state index contributed by atoms with van der Waals surface area (Å²) in [6.45, 7) is 1.82. The van der Waals surface area contributed by atoms with Gasteiger partial charge >= 0.3 is 5.97 Å². The number of carboxylic acid groups (broad SMARTS) is 1. The first-order valence-electron chi connectivity index (χ1n) is 6.01. The zero-order valence-electron chi connectivity index (χ0n) is 10.4. The van der Waals surface area contributed by atoms with Crippen molar-refractivity contribution in [3.63, 3.8) is 0 Å². The van der Waals surface area contributed by atoms with Crippen LogP contribution in [0.4, 0.5) is 0 Å². The smallest absolute Gasteiger partial charge is 0.303 e. The van der Waals surface area contributed by atoms with Crippen molar-refractivity contribution < 1.29 is 23.1 Å². The van der Waals surface area contributed by atoms with Crippen LogP contribution in [-0.4, -0.2) is 42.9 Å². The molecule has 0 saturated carbocycles. The fraction of sp³-hybridized carbons (Fsp3) is 0.818. The summed E-state index contributed by atoms with van der Waals surface area (Å²) < 4.78 is 23.0. The highest BCUT2D eigenvalue weighted by Crippen LogP contribution is 2.19. The quantitative estimate of drug-likeness (QED) is 0.721. The Kier molecular flexibility index (Phi) is 5.13. The van der Waals surface area contributed by atoms with Crippen LogP contribution in [0.3, 0.4) is 0 Å². The van der Waals surface area contributed by atoms with Gasteiger partial charge in [-0.05, 0) is 18.8 Å². The second-order valence-electron chi connectivity index (χ2n) is 4.84. The Morgan fingerprint density at radius 2 is 2.06 bits per heavy atom. The minimum atomic E-state index is -3.04. The highest BCUT2D eigenvalue weighted by Gasteiger charge is 2.31. The Balaban J connectivity index is 2.31. The van der Waals surface area contributed by atoms with E-state index in [-0.39, 0.29) is 37.0 Å². The highest BCUT2D eigenvalue weighted by molar-refractivity contribution is 7.92. The van der Waals surface area contributed by atoms with Crippen LogP contribution in [-0.2, 0) is 19.4 Å². The second-order valence-corrected chi connectivity index (χ2v) is 7.24. The number of sulfone groups is 1. The van der Waals surface area contributed by atoms with Crippen LogP contribution < -0.4 is 5.32 Å². The molecule has 1 saturated heterocycles. The second kappa shape index (κ2) is 6.17. The molecule has 2 N–H and O–H groups in total.